The fraction of sp³-hybridized carbons (Fsp3) is 0.263. The summed E-state index contributed by atoms with van der Waals surface area (Å²) in [7, 11) is 0. The van der Waals surface area contributed by atoms with Gasteiger partial charge >= 0.3 is 0 Å². The summed E-state index contributed by atoms with van der Waals surface area (Å²) in [5.41, 5.74) is 6.23. The highest BCUT2D eigenvalue weighted by Crippen LogP contribution is 2.22. The number of benzene rings is 2. The summed E-state index contributed by atoms with van der Waals surface area (Å²) >= 11 is 0. The standard InChI is InChI=1S/C19H21N3O3/c20-18(23)13-3-7-16(8-4-13)25-17-9-5-14(6-10-17)19(24)22-15-2-1-11-21-12-15/h3-10,15,21H,1-2,11-12H2,(H2,20,23)(H,22,24)/t15-/m0/s1. The first-order chi connectivity index (χ1) is 12.1. The van der Waals surface area contributed by atoms with Gasteiger partial charge in [0.1, 0.15) is 11.5 Å². The monoisotopic (exact) mass is 339 g/mol. The van der Waals surface area contributed by atoms with Crippen LogP contribution in [-0.4, -0.2) is 30.9 Å². The molecule has 3 rings (SSSR count). The Bertz CT molecular complexity index is 736. The van der Waals surface area contributed by atoms with Crippen LogP contribution < -0.4 is 21.1 Å². The molecule has 2 aromatic carbocycles. The first kappa shape index (κ1) is 17.0. The van der Waals surface area contributed by atoms with Gasteiger partial charge in [-0.1, -0.05) is 0 Å². The Balaban J connectivity index is 1.59. The minimum Gasteiger partial charge on any atom is -0.457 e. The predicted octanol–water partition coefficient (Wildman–Crippen LogP) is 2.06. The maximum atomic E-state index is 12.3. The van der Waals surface area contributed by atoms with Crippen molar-refractivity contribution in [2.24, 2.45) is 5.73 Å². The van der Waals surface area contributed by atoms with E-state index in [0.29, 0.717) is 22.6 Å². The Kier molecular flexibility index (Phi) is 5.30. The molecule has 0 aliphatic carbocycles. The van der Waals surface area contributed by atoms with E-state index in [-0.39, 0.29) is 11.9 Å². The molecule has 6 nitrogen and oxygen atoms in total. The van der Waals surface area contributed by atoms with Crippen LogP contribution in [0.2, 0.25) is 0 Å². The van der Waals surface area contributed by atoms with E-state index in [1.54, 1.807) is 48.5 Å². The molecule has 2 aromatic rings. The second kappa shape index (κ2) is 7.81. The van der Waals surface area contributed by atoms with Crippen LogP contribution in [-0.2, 0) is 0 Å². The van der Waals surface area contributed by atoms with E-state index in [1.165, 1.54) is 0 Å². The number of nitrogens with two attached hydrogens (primary N) is 1. The third kappa shape index (κ3) is 4.58. The van der Waals surface area contributed by atoms with Gasteiger partial charge in [0, 0.05) is 23.7 Å². The van der Waals surface area contributed by atoms with Crippen LogP contribution in [0.5, 0.6) is 11.5 Å². The zero-order valence-corrected chi connectivity index (χ0v) is 13.8. The summed E-state index contributed by atoms with van der Waals surface area (Å²) in [6.07, 6.45) is 2.08. The molecule has 0 radical (unpaired) electrons. The highest BCUT2D eigenvalue weighted by molar-refractivity contribution is 5.94. The maximum absolute atomic E-state index is 12.3. The van der Waals surface area contributed by atoms with Crippen LogP contribution in [0.15, 0.2) is 48.5 Å². The number of amides is 2. The summed E-state index contributed by atoms with van der Waals surface area (Å²) in [5.74, 6) is 0.652. The molecule has 1 saturated heterocycles. The molecule has 1 fully saturated rings. The van der Waals surface area contributed by atoms with Gasteiger partial charge in [0.15, 0.2) is 0 Å². The minimum absolute atomic E-state index is 0.0777. The Morgan fingerprint density at radius 3 is 2.12 bits per heavy atom. The lowest BCUT2D eigenvalue weighted by Crippen LogP contribution is -2.45. The first-order valence-electron chi connectivity index (χ1n) is 8.31. The van der Waals surface area contributed by atoms with E-state index in [9.17, 15) is 9.59 Å². The Hall–Kier alpha value is -2.86. The molecule has 6 heteroatoms. The van der Waals surface area contributed by atoms with Gasteiger partial charge in [-0.05, 0) is 67.9 Å². The highest BCUT2D eigenvalue weighted by atomic mass is 16.5. The van der Waals surface area contributed by atoms with E-state index >= 15 is 0 Å². The summed E-state index contributed by atoms with van der Waals surface area (Å²) in [4.78, 5) is 23.3. The van der Waals surface area contributed by atoms with Gasteiger partial charge in [0.25, 0.3) is 5.91 Å². The van der Waals surface area contributed by atoms with Crippen molar-refractivity contribution >= 4 is 11.8 Å². The van der Waals surface area contributed by atoms with Crippen LogP contribution in [0.1, 0.15) is 33.6 Å². The first-order valence-corrected chi connectivity index (χ1v) is 8.31. The third-order valence-electron chi connectivity index (χ3n) is 4.12. The molecular weight excluding hydrogens is 318 g/mol. The van der Waals surface area contributed by atoms with Gasteiger partial charge in [-0.25, -0.2) is 0 Å². The van der Waals surface area contributed by atoms with Gasteiger partial charge in [0.2, 0.25) is 5.91 Å². The van der Waals surface area contributed by atoms with Crippen molar-refractivity contribution in [1.82, 2.24) is 10.6 Å². The van der Waals surface area contributed by atoms with E-state index in [4.69, 9.17) is 10.5 Å². The SMILES string of the molecule is NC(=O)c1ccc(Oc2ccc(C(=O)N[C@H]3CCCNC3)cc2)cc1. The zero-order chi connectivity index (χ0) is 17.6. The number of piperidine rings is 1. The number of nitrogens with one attached hydrogen (secondary N) is 2. The molecule has 1 heterocycles. The molecule has 2 amide bonds. The maximum Gasteiger partial charge on any atom is 0.251 e. The van der Waals surface area contributed by atoms with Gasteiger partial charge < -0.3 is 21.1 Å². The minimum atomic E-state index is -0.477. The average molecular weight is 339 g/mol. The number of carbonyl (C=O) groups is 2. The zero-order valence-electron chi connectivity index (χ0n) is 13.8. The number of hydrogen-bond acceptors (Lipinski definition) is 4. The van der Waals surface area contributed by atoms with E-state index < -0.39 is 5.91 Å². The molecule has 1 aliphatic rings. The molecular formula is C19H21N3O3. The molecule has 25 heavy (non-hydrogen) atoms. The fourth-order valence-electron chi connectivity index (χ4n) is 2.74. The number of ether oxygens (including phenoxy) is 1. The fourth-order valence-corrected chi connectivity index (χ4v) is 2.74. The largest absolute Gasteiger partial charge is 0.457 e. The second-order valence-corrected chi connectivity index (χ2v) is 6.03. The van der Waals surface area contributed by atoms with Crippen molar-refractivity contribution in [3.63, 3.8) is 0 Å². The lowest BCUT2D eigenvalue weighted by molar-refractivity contribution is 0.0929. The van der Waals surface area contributed by atoms with Crippen LogP contribution in [0.3, 0.4) is 0 Å². The number of carbonyl (C=O) groups excluding carboxylic acids is 2. The molecule has 1 aliphatic heterocycles. The van der Waals surface area contributed by atoms with Crippen LogP contribution in [0, 0.1) is 0 Å². The average Bonchev–Trinajstić information content (AvgIpc) is 2.63. The van der Waals surface area contributed by atoms with Crippen molar-refractivity contribution in [2.45, 2.75) is 18.9 Å². The quantitative estimate of drug-likeness (QED) is 0.777. The smallest absolute Gasteiger partial charge is 0.251 e. The summed E-state index contributed by atoms with van der Waals surface area (Å²) in [6, 6.07) is 13.7. The number of rotatable bonds is 5. The van der Waals surface area contributed by atoms with Crippen LogP contribution in [0.25, 0.3) is 0 Å². The molecule has 0 spiro atoms. The summed E-state index contributed by atoms with van der Waals surface area (Å²) in [5, 5.41) is 6.31. The van der Waals surface area contributed by atoms with Gasteiger partial charge in [-0.2, -0.15) is 0 Å². The lowest BCUT2D eigenvalue weighted by Gasteiger charge is -2.23. The molecule has 4 N–H and O–H groups in total. The molecule has 0 unspecified atom stereocenters. The molecule has 130 valence electrons. The predicted molar refractivity (Wildman–Crippen MR) is 94.8 cm³/mol. The van der Waals surface area contributed by atoms with Crippen molar-refractivity contribution < 1.29 is 14.3 Å². The Morgan fingerprint density at radius 2 is 1.60 bits per heavy atom. The van der Waals surface area contributed by atoms with Crippen LogP contribution >= 0.6 is 0 Å². The van der Waals surface area contributed by atoms with Crippen molar-refractivity contribution in [2.75, 3.05) is 13.1 Å². The molecule has 0 aromatic heterocycles. The molecule has 0 bridgehead atoms. The number of primary amides is 1. The van der Waals surface area contributed by atoms with Crippen molar-refractivity contribution in [1.29, 1.82) is 0 Å². The normalized spacial score (nSPS) is 16.9. The molecule has 0 saturated carbocycles. The number of hydrogen-bond donors (Lipinski definition) is 3. The lowest BCUT2D eigenvalue weighted by atomic mass is 10.1. The summed E-state index contributed by atoms with van der Waals surface area (Å²) in [6.45, 7) is 1.83. The third-order valence-corrected chi connectivity index (χ3v) is 4.12. The van der Waals surface area contributed by atoms with Gasteiger partial charge in [0.05, 0.1) is 0 Å². The van der Waals surface area contributed by atoms with Crippen molar-refractivity contribution in [3.8, 4) is 11.5 Å². The van der Waals surface area contributed by atoms with Gasteiger partial charge in [-0.3, -0.25) is 9.59 Å². The van der Waals surface area contributed by atoms with E-state index in [1.807, 2.05) is 0 Å². The second-order valence-electron chi connectivity index (χ2n) is 6.03. The Morgan fingerprint density at radius 1 is 1.00 bits per heavy atom. The topological polar surface area (TPSA) is 93.5 Å². The molecule has 1 atom stereocenters. The summed E-state index contributed by atoms with van der Waals surface area (Å²) < 4.78 is 5.70. The highest BCUT2D eigenvalue weighted by Gasteiger charge is 2.16. The van der Waals surface area contributed by atoms with Gasteiger partial charge in [-0.15, -0.1) is 0 Å². The van der Waals surface area contributed by atoms with Crippen LogP contribution in [0.4, 0.5) is 0 Å². The van der Waals surface area contributed by atoms with E-state index in [0.717, 1.165) is 25.9 Å². The Labute approximate surface area is 146 Å². The van der Waals surface area contributed by atoms with Crippen molar-refractivity contribution in [3.05, 3.63) is 59.7 Å². The van der Waals surface area contributed by atoms with E-state index in [2.05, 4.69) is 10.6 Å².